The third-order valence-electron chi connectivity index (χ3n) is 3.14. The zero-order chi connectivity index (χ0) is 13.8. The molecule has 1 fully saturated rings. The summed E-state index contributed by atoms with van der Waals surface area (Å²) in [4.78, 5) is 2.32. The number of morpholine rings is 1. The van der Waals surface area contributed by atoms with E-state index in [2.05, 4.69) is 32.3 Å². The van der Waals surface area contributed by atoms with Gasteiger partial charge in [0, 0.05) is 18.8 Å². The molecule has 104 valence electrons. The number of benzene rings is 1. The fraction of sp³-hybridized carbons (Fsp3) is 0.308. The predicted molar refractivity (Wildman–Crippen MR) is 79.9 cm³/mol. The molecule has 0 amide bonds. The molecule has 0 atom stereocenters. The van der Waals surface area contributed by atoms with Crippen LogP contribution in [0.25, 0.3) is 0 Å². The van der Waals surface area contributed by atoms with Gasteiger partial charge in [-0.05, 0) is 29.9 Å². The van der Waals surface area contributed by atoms with Crippen molar-refractivity contribution in [2.24, 2.45) is 5.10 Å². The number of hydrogen-bond acceptors (Lipinski definition) is 5. The highest BCUT2D eigenvalue weighted by Crippen LogP contribution is 2.15. The molecule has 3 rings (SSSR count). The van der Waals surface area contributed by atoms with E-state index in [0.717, 1.165) is 31.9 Å². The monoisotopic (exact) mass is 289 g/mol. The van der Waals surface area contributed by atoms with E-state index in [1.165, 1.54) is 10.4 Å². The number of hydrogen-bond donors (Lipinski definition) is 1. The van der Waals surface area contributed by atoms with E-state index in [0.29, 0.717) is 4.77 Å². The Kier molecular flexibility index (Phi) is 3.89. The molecule has 1 aromatic heterocycles. The van der Waals surface area contributed by atoms with Crippen LogP contribution in [-0.2, 0) is 4.74 Å². The second-order valence-electron chi connectivity index (χ2n) is 4.44. The van der Waals surface area contributed by atoms with Gasteiger partial charge < -0.3 is 9.64 Å². The number of aromatic nitrogens is 3. The molecule has 1 N–H and O–H groups in total. The average Bonchev–Trinajstić information content (AvgIpc) is 2.92. The normalized spacial score (nSPS) is 15.9. The number of anilines is 1. The van der Waals surface area contributed by atoms with Gasteiger partial charge in [-0.3, -0.25) is 5.10 Å². The second-order valence-corrected chi connectivity index (χ2v) is 4.83. The minimum absolute atomic E-state index is 0.478. The lowest BCUT2D eigenvalue weighted by atomic mass is 10.2. The van der Waals surface area contributed by atoms with Crippen molar-refractivity contribution in [3.8, 4) is 0 Å². The lowest BCUT2D eigenvalue weighted by molar-refractivity contribution is 0.122. The Balaban J connectivity index is 1.71. The summed E-state index contributed by atoms with van der Waals surface area (Å²) in [6.07, 6.45) is 3.30. The van der Waals surface area contributed by atoms with Crippen molar-refractivity contribution in [1.82, 2.24) is 14.9 Å². The van der Waals surface area contributed by atoms with E-state index in [1.54, 1.807) is 12.5 Å². The summed E-state index contributed by atoms with van der Waals surface area (Å²) in [5, 5.41) is 10.7. The molecule has 1 aliphatic rings. The second kappa shape index (κ2) is 5.98. The van der Waals surface area contributed by atoms with Crippen LogP contribution in [0.15, 0.2) is 35.7 Å². The van der Waals surface area contributed by atoms with Crippen LogP contribution in [-0.4, -0.2) is 47.4 Å². The number of aromatic amines is 1. The summed E-state index contributed by atoms with van der Waals surface area (Å²) in [5.41, 5.74) is 2.23. The fourth-order valence-electron chi connectivity index (χ4n) is 2.05. The minimum Gasteiger partial charge on any atom is -0.378 e. The molecular weight excluding hydrogens is 274 g/mol. The Morgan fingerprint density at radius 3 is 2.65 bits per heavy atom. The predicted octanol–water partition coefficient (Wildman–Crippen LogP) is 1.66. The quantitative estimate of drug-likeness (QED) is 0.689. The third kappa shape index (κ3) is 2.94. The lowest BCUT2D eigenvalue weighted by Gasteiger charge is -2.28. The first-order valence-electron chi connectivity index (χ1n) is 6.42. The van der Waals surface area contributed by atoms with Crippen molar-refractivity contribution in [3.63, 3.8) is 0 Å². The first-order chi connectivity index (χ1) is 9.83. The minimum atomic E-state index is 0.478. The van der Waals surface area contributed by atoms with Gasteiger partial charge in [0.1, 0.15) is 6.33 Å². The lowest BCUT2D eigenvalue weighted by Crippen LogP contribution is -2.36. The van der Waals surface area contributed by atoms with E-state index in [1.807, 2.05) is 12.1 Å². The van der Waals surface area contributed by atoms with Gasteiger partial charge in [-0.25, -0.2) is 0 Å². The standard InChI is InChI=1S/C13H15N5OS/c20-13-16-14-10-18(13)15-9-11-1-3-12(4-2-11)17-5-7-19-8-6-17/h1-4,9-10H,5-8H2,(H,16,20)/b15-9-. The summed E-state index contributed by atoms with van der Waals surface area (Å²) < 4.78 is 7.35. The molecule has 0 spiro atoms. The first-order valence-corrected chi connectivity index (χ1v) is 6.83. The van der Waals surface area contributed by atoms with Crippen LogP contribution >= 0.6 is 12.2 Å². The smallest absolute Gasteiger partial charge is 0.216 e. The number of nitrogens with zero attached hydrogens (tertiary/aromatic N) is 4. The highest BCUT2D eigenvalue weighted by Gasteiger charge is 2.10. The summed E-state index contributed by atoms with van der Waals surface area (Å²) in [7, 11) is 0. The van der Waals surface area contributed by atoms with Crippen LogP contribution < -0.4 is 4.90 Å². The van der Waals surface area contributed by atoms with Gasteiger partial charge in [-0.1, -0.05) is 12.1 Å². The Morgan fingerprint density at radius 1 is 1.25 bits per heavy atom. The zero-order valence-electron chi connectivity index (χ0n) is 10.9. The summed E-state index contributed by atoms with van der Waals surface area (Å²) in [5.74, 6) is 0. The van der Waals surface area contributed by atoms with Crippen LogP contribution in [0.5, 0.6) is 0 Å². The molecule has 0 saturated carbocycles. The van der Waals surface area contributed by atoms with Crippen LogP contribution in [0, 0.1) is 4.77 Å². The van der Waals surface area contributed by atoms with E-state index in [-0.39, 0.29) is 0 Å². The molecule has 6 nitrogen and oxygen atoms in total. The Bertz CT molecular complexity index is 639. The van der Waals surface area contributed by atoms with E-state index >= 15 is 0 Å². The molecule has 2 heterocycles. The molecule has 0 bridgehead atoms. The van der Waals surface area contributed by atoms with E-state index < -0.39 is 0 Å². The highest BCUT2D eigenvalue weighted by atomic mass is 32.1. The Morgan fingerprint density at radius 2 is 2.00 bits per heavy atom. The van der Waals surface area contributed by atoms with Crippen molar-refractivity contribution >= 4 is 24.1 Å². The summed E-state index contributed by atoms with van der Waals surface area (Å²) >= 11 is 5.02. The SMILES string of the molecule is S=c1[nH]ncn1/N=C\c1ccc(N2CCOCC2)cc1. The van der Waals surface area contributed by atoms with Gasteiger partial charge in [0.25, 0.3) is 0 Å². The molecule has 1 aromatic carbocycles. The molecule has 0 aliphatic carbocycles. The molecule has 20 heavy (non-hydrogen) atoms. The number of rotatable bonds is 3. The van der Waals surface area contributed by atoms with Crippen molar-refractivity contribution in [1.29, 1.82) is 0 Å². The first kappa shape index (κ1) is 13.0. The molecule has 1 aliphatic heterocycles. The average molecular weight is 289 g/mol. The fourth-order valence-corrected chi connectivity index (χ4v) is 2.19. The van der Waals surface area contributed by atoms with Crippen LogP contribution in [0.4, 0.5) is 5.69 Å². The van der Waals surface area contributed by atoms with E-state index in [4.69, 9.17) is 17.0 Å². The molecular formula is C13H15N5OS. The van der Waals surface area contributed by atoms with E-state index in [9.17, 15) is 0 Å². The maximum atomic E-state index is 5.35. The summed E-state index contributed by atoms with van der Waals surface area (Å²) in [6.45, 7) is 3.47. The van der Waals surface area contributed by atoms with Gasteiger partial charge in [-0.2, -0.15) is 14.9 Å². The number of H-pyrrole nitrogens is 1. The molecule has 0 radical (unpaired) electrons. The maximum Gasteiger partial charge on any atom is 0.216 e. The zero-order valence-corrected chi connectivity index (χ0v) is 11.7. The van der Waals surface area contributed by atoms with Crippen LogP contribution in [0.3, 0.4) is 0 Å². The van der Waals surface area contributed by atoms with Gasteiger partial charge in [0.05, 0.1) is 19.4 Å². The largest absolute Gasteiger partial charge is 0.378 e. The van der Waals surface area contributed by atoms with Crippen LogP contribution in [0.2, 0.25) is 0 Å². The van der Waals surface area contributed by atoms with Gasteiger partial charge in [0.15, 0.2) is 0 Å². The Labute approximate surface area is 121 Å². The van der Waals surface area contributed by atoms with Crippen molar-refractivity contribution in [3.05, 3.63) is 40.9 Å². The molecule has 2 aromatic rings. The number of ether oxygens (including phenoxy) is 1. The number of nitrogens with one attached hydrogen (secondary N) is 1. The van der Waals surface area contributed by atoms with Gasteiger partial charge in [0.2, 0.25) is 4.77 Å². The van der Waals surface area contributed by atoms with Crippen molar-refractivity contribution in [2.75, 3.05) is 31.2 Å². The highest BCUT2D eigenvalue weighted by molar-refractivity contribution is 7.71. The van der Waals surface area contributed by atoms with Crippen molar-refractivity contribution in [2.45, 2.75) is 0 Å². The maximum absolute atomic E-state index is 5.35. The molecule has 1 saturated heterocycles. The Hall–Kier alpha value is -1.99. The van der Waals surface area contributed by atoms with Crippen LogP contribution in [0.1, 0.15) is 5.56 Å². The summed E-state index contributed by atoms with van der Waals surface area (Å²) in [6, 6.07) is 8.28. The third-order valence-corrected chi connectivity index (χ3v) is 3.41. The molecule has 7 heteroatoms. The van der Waals surface area contributed by atoms with Gasteiger partial charge >= 0.3 is 0 Å². The molecule has 0 unspecified atom stereocenters. The van der Waals surface area contributed by atoms with Crippen molar-refractivity contribution < 1.29 is 4.74 Å². The van der Waals surface area contributed by atoms with Gasteiger partial charge in [-0.15, -0.1) is 0 Å². The topological polar surface area (TPSA) is 58.4 Å².